The van der Waals surface area contributed by atoms with Crippen LogP contribution in [-0.4, -0.2) is 55.9 Å². The average molecular weight is 479 g/mol. The number of benzene rings is 1. The second kappa shape index (κ2) is 10.7. The highest BCUT2D eigenvalue weighted by atomic mass is 16.5. The number of rotatable bonds is 7. The van der Waals surface area contributed by atoms with Gasteiger partial charge in [-0.3, -0.25) is 9.97 Å². The highest BCUT2D eigenvalue weighted by molar-refractivity contribution is 5.81. The molecular weight excluding hydrogens is 448 g/mol. The van der Waals surface area contributed by atoms with Crippen LogP contribution in [0.4, 0.5) is 0 Å². The van der Waals surface area contributed by atoms with Gasteiger partial charge in [0.25, 0.3) is 0 Å². The van der Waals surface area contributed by atoms with Gasteiger partial charge in [-0.05, 0) is 62.2 Å². The number of hydrogen-bond acceptors (Lipinski definition) is 6. The molecule has 1 aliphatic heterocycles. The lowest BCUT2D eigenvalue weighted by Gasteiger charge is -2.29. The van der Waals surface area contributed by atoms with Crippen LogP contribution in [0.2, 0.25) is 0 Å². The van der Waals surface area contributed by atoms with Crippen molar-refractivity contribution < 1.29 is 4.74 Å². The summed E-state index contributed by atoms with van der Waals surface area (Å²) in [7, 11) is 0. The van der Waals surface area contributed by atoms with Crippen molar-refractivity contribution in [1.29, 1.82) is 0 Å². The molecule has 36 heavy (non-hydrogen) atoms. The smallest absolute Gasteiger partial charge is 0.154 e. The molecular formula is C29H30N6O. The molecule has 1 aromatic carbocycles. The van der Waals surface area contributed by atoms with Crippen LogP contribution in [0.3, 0.4) is 0 Å². The first-order valence-corrected chi connectivity index (χ1v) is 12.2. The Balaban J connectivity index is 1.45. The van der Waals surface area contributed by atoms with Gasteiger partial charge in [-0.2, -0.15) is 5.10 Å². The first kappa shape index (κ1) is 23.6. The van der Waals surface area contributed by atoms with E-state index in [-0.39, 0.29) is 0 Å². The molecule has 182 valence electrons. The molecule has 0 spiro atoms. The van der Waals surface area contributed by atoms with Gasteiger partial charge in [0.05, 0.1) is 35.6 Å². The molecule has 5 rings (SSSR count). The largest absolute Gasteiger partial charge is 0.378 e. The molecule has 7 nitrogen and oxygen atoms in total. The summed E-state index contributed by atoms with van der Waals surface area (Å²) in [6, 6.07) is 14.1. The summed E-state index contributed by atoms with van der Waals surface area (Å²) in [6.07, 6.45) is 10.6. The molecule has 1 fully saturated rings. The van der Waals surface area contributed by atoms with Crippen molar-refractivity contribution in [2.24, 2.45) is 0 Å². The Kier molecular flexibility index (Phi) is 7.00. The molecule has 0 amide bonds. The summed E-state index contributed by atoms with van der Waals surface area (Å²) in [5, 5.41) is 4.93. The highest BCUT2D eigenvalue weighted by Crippen LogP contribution is 2.29. The SMILES string of the molecule is C=C(C/C=C\C(=C/C)N1CCOCC1)c1cc(-c2ccc3nccnc3c2)n(-c2cccc(C)n2)n1. The van der Waals surface area contributed by atoms with Crippen LogP contribution in [0.1, 0.15) is 24.7 Å². The third kappa shape index (κ3) is 5.11. The van der Waals surface area contributed by atoms with E-state index in [4.69, 9.17) is 14.8 Å². The lowest BCUT2D eigenvalue weighted by atomic mass is 10.1. The maximum absolute atomic E-state index is 5.48. The standard InChI is InChI=1S/C29H30N6O/c1-4-24(34-15-17-36-18-16-34)9-5-7-21(2)26-20-28(35(33-26)29-10-6-8-22(3)32-29)23-11-12-25-27(19-23)31-14-13-30-25/h4-6,8-14,19-20H,2,7,15-18H2,1,3H3/b9-5-,24-4+. The van der Waals surface area contributed by atoms with Gasteiger partial charge in [-0.1, -0.05) is 30.9 Å². The number of nitrogens with zero attached hydrogens (tertiary/aromatic N) is 6. The minimum atomic E-state index is 0.697. The van der Waals surface area contributed by atoms with Crippen molar-refractivity contribution in [3.63, 3.8) is 0 Å². The van der Waals surface area contributed by atoms with Crippen LogP contribution in [0.5, 0.6) is 0 Å². The summed E-state index contributed by atoms with van der Waals surface area (Å²) in [5.74, 6) is 0.766. The summed E-state index contributed by atoms with van der Waals surface area (Å²) in [5.41, 5.74) is 7.55. The van der Waals surface area contributed by atoms with Gasteiger partial charge in [-0.25, -0.2) is 9.67 Å². The van der Waals surface area contributed by atoms with Gasteiger partial charge in [0.1, 0.15) is 0 Å². The number of fused-ring (bicyclic) bond motifs is 1. The lowest BCUT2D eigenvalue weighted by molar-refractivity contribution is 0.0553. The fourth-order valence-electron chi connectivity index (χ4n) is 4.34. The van der Waals surface area contributed by atoms with Gasteiger partial charge >= 0.3 is 0 Å². The monoisotopic (exact) mass is 478 g/mol. The number of hydrogen-bond donors (Lipinski definition) is 0. The number of ether oxygens (including phenoxy) is 1. The molecule has 0 atom stereocenters. The fourth-order valence-corrected chi connectivity index (χ4v) is 4.34. The van der Waals surface area contributed by atoms with Crippen LogP contribution < -0.4 is 0 Å². The molecule has 0 N–H and O–H groups in total. The molecule has 0 bridgehead atoms. The van der Waals surface area contributed by atoms with Crippen LogP contribution >= 0.6 is 0 Å². The van der Waals surface area contributed by atoms with Crippen molar-refractivity contribution in [2.45, 2.75) is 20.3 Å². The topological polar surface area (TPSA) is 69.0 Å². The summed E-state index contributed by atoms with van der Waals surface area (Å²) < 4.78 is 7.37. The number of aryl methyl sites for hydroxylation is 1. The average Bonchev–Trinajstić information content (AvgIpc) is 3.37. The zero-order chi connectivity index (χ0) is 24.9. The van der Waals surface area contributed by atoms with Gasteiger partial charge in [0.15, 0.2) is 5.82 Å². The highest BCUT2D eigenvalue weighted by Gasteiger charge is 2.16. The Hall–Kier alpha value is -4.10. The van der Waals surface area contributed by atoms with Crippen molar-refractivity contribution in [1.82, 2.24) is 29.6 Å². The van der Waals surface area contributed by atoms with Gasteiger partial charge in [0.2, 0.25) is 0 Å². The molecule has 4 aromatic rings. The number of morpholine rings is 1. The van der Waals surface area contributed by atoms with E-state index in [2.05, 4.69) is 52.7 Å². The van der Waals surface area contributed by atoms with Crippen LogP contribution in [-0.2, 0) is 4.74 Å². The van der Waals surface area contributed by atoms with E-state index < -0.39 is 0 Å². The minimum Gasteiger partial charge on any atom is -0.378 e. The summed E-state index contributed by atoms with van der Waals surface area (Å²) >= 11 is 0. The molecule has 7 heteroatoms. The molecule has 0 radical (unpaired) electrons. The van der Waals surface area contributed by atoms with E-state index in [1.54, 1.807) is 12.4 Å². The van der Waals surface area contributed by atoms with E-state index in [1.807, 2.05) is 48.0 Å². The Morgan fingerprint density at radius 3 is 2.64 bits per heavy atom. The molecule has 1 saturated heterocycles. The van der Waals surface area contributed by atoms with E-state index in [1.165, 1.54) is 5.70 Å². The number of allylic oxidation sites excluding steroid dienone is 4. The van der Waals surface area contributed by atoms with E-state index >= 15 is 0 Å². The first-order chi connectivity index (χ1) is 17.6. The predicted molar refractivity (Wildman–Crippen MR) is 144 cm³/mol. The minimum absolute atomic E-state index is 0.697. The Labute approximate surface area is 211 Å². The van der Waals surface area contributed by atoms with Gasteiger partial charge in [-0.15, -0.1) is 0 Å². The van der Waals surface area contributed by atoms with Crippen LogP contribution in [0.25, 0.3) is 33.7 Å². The Morgan fingerprint density at radius 2 is 1.86 bits per heavy atom. The lowest BCUT2D eigenvalue weighted by Crippen LogP contribution is -2.35. The summed E-state index contributed by atoms with van der Waals surface area (Å²) in [4.78, 5) is 15.9. The molecule has 4 heterocycles. The Bertz CT molecular complexity index is 1450. The Morgan fingerprint density at radius 1 is 1.06 bits per heavy atom. The van der Waals surface area contributed by atoms with Gasteiger partial charge in [0, 0.05) is 42.4 Å². The molecule has 0 saturated carbocycles. The quantitative estimate of drug-likeness (QED) is 0.332. The normalized spacial score (nSPS) is 14.6. The van der Waals surface area contributed by atoms with Crippen molar-refractivity contribution in [3.8, 4) is 17.1 Å². The zero-order valence-corrected chi connectivity index (χ0v) is 20.8. The maximum atomic E-state index is 5.48. The van der Waals surface area contributed by atoms with E-state index in [0.717, 1.165) is 71.4 Å². The third-order valence-electron chi connectivity index (χ3n) is 6.25. The van der Waals surface area contributed by atoms with Crippen molar-refractivity contribution >= 4 is 16.6 Å². The second-order valence-corrected chi connectivity index (χ2v) is 8.75. The second-order valence-electron chi connectivity index (χ2n) is 8.75. The maximum Gasteiger partial charge on any atom is 0.154 e. The predicted octanol–water partition coefficient (Wildman–Crippen LogP) is 5.38. The van der Waals surface area contributed by atoms with Crippen molar-refractivity contribution in [2.75, 3.05) is 26.3 Å². The van der Waals surface area contributed by atoms with Crippen molar-refractivity contribution in [3.05, 3.63) is 96.8 Å². The number of aromatic nitrogens is 5. The molecule has 0 unspecified atom stereocenters. The van der Waals surface area contributed by atoms with E-state index in [9.17, 15) is 0 Å². The first-order valence-electron chi connectivity index (χ1n) is 12.2. The molecule has 1 aliphatic rings. The molecule has 0 aliphatic carbocycles. The van der Waals surface area contributed by atoms with Crippen LogP contribution in [0.15, 0.2) is 85.4 Å². The molecule has 3 aromatic heterocycles. The number of pyridine rings is 1. The van der Waals surface area contributed by atoms with Crippen LogP contribution in [0, 0.1) is 6.92 Å². The van der Waals surface area contributed by atoms with Gasteiger partial charge < -0.3 is 9.64 Å². The third-order valence-corrected chi connectivity index (χ3v) is 6.25. The van der Waals surface area contributed by atoms with E-state index in [0.29, 0.717) is 6.42 Å². The fraction of sp³-hybridized carbons (Fsp3) is 0.241. The zero-order valence-electron chi connectivity index (χ0n) is 20.8. The summed E-state index contributed by atoms with van der Waals surface area (Å²) in [6.45, 7) is 11.8.